The Kier molecular flexibility index (Phi) is 7.50. The zero-order chi connectivity index (χ0) is 22.0. The van der Waals surface area contributed by atoms with E-state index >= 15 is 0 Å². The van der Waals surface area contributed by atoms with Gasteiger partial charge >= 0.3 is 5.97 Å². The van der Waals surface area contributed by atoms with Gasteiger partial charge in [-0.3, -0.25) is 0 Å². The van der Waals surface area contributed by atoms with Crippen LogP contribution in [-0.2, 0) is 23.6 Å². The van der Waals surface area contributed by atoms with E-state index in [0.717, 1.165) is 58.0 Å². The van der Waals surface area contributed by atoms with E-state index in [2.05, 4.69) is 34.6 Å². The topological polar surface area (TPSA) is 57.2 Å². The third-order valence-corrected chi connectivity index (χ3v) is 8.71. The first kappa shape index (κ1) is 24.3. The molecule has 174 valence electrons. The van der Waals surface area contributed by atoms with Gasteiger partial charge in [-0.25, -0.2) is 4.79 Å². The number of hydroxylamine groups is 2. The SMILES string of the molecule is CCCC[C@@]1(C)OC2(CC3CCC2(CSOON(CCC)CCC)C3(C)C)OC1=O. The van der Waals surface area contributed by atoms with Gasteiger partial charge in [0.2, 0.25) is 5.79 Å². The second kappa shape index (κ2) is 9.26. The highest BCUT2D eigenvalue weighted by atomic mass is 32.2. The van der Waals surface area contributed by atoms with Crippen LogP contribution in [-0.4, -0.2) is 41.3 Å². The number of rotatable bonds is 12. The molecule has 1 aliphatic heterocycles. The van der Waals surface area contributed by atoms with Crippen molar-refractivity contribution in [1.29, 1.82) is 0 Å². The number of carbonyl (C=O) groups excluding carboxylic acids is 1. The van der Waals surface area contributed by atoms with Crippen molar-refractivity contribution in [1.82, 2.24) is 5.06 Å². The summed E-state index contributed by atoms with van der Waals surface area (Å²) in [5.41, 5.74) is -1.12. The minimum Gasteiger partial charge on any atom is -0.430 e. The van der Waals surface area contributed by atoms with Gasteiger partial charge in [-0.05, 0) is 50.4 Å². The first-order valence-electron chi connectivity index (χ1n) is 11.8. The van der Waals surface area contributed by atoms with Crippen LogP contribution in [0.5, 0.6) is 0 Å². The largest absolute Gasteiger partial charge is 0.430 e. The monoisotopic (exact) mass is 443 g/mol. The van der Waals surface area contributed by atoms with E-state index in [4.69, 9.17) is 18.8 Å². The van der Waals surface area contributed by atoms with Crippen molar-refractivity contribution < 1.29 is 23.6 Å². The number of ether oxygens (including phenoxy) is 2. The number of fused-ring (bicyclic) bond motifs is 3. The van der Waals surface area contributed by atoms with Gasteiger partial charge in [-0.1, -0.05) is 47.5 Å². The van der Waals surface area contributed by atoms with Crippen molar-refractivity contribution in [3.63, 3.8) is 0 Å². The summed E-state index contributed by atoms with van der Waals surface area (Å²) in [6, 6.07) is 0. The number of carbonyl (C=O) groups is 1. The highest BCUT2D eigenvalue weighted by Crippen LogP contribution is 2.73. The van der Waals surface area contributed by atoms with Crippen LogP contribution in [0, 0.1) is 16.7 Å². The third-order valence-electron chi connectivity index (χ3n) is 7.94. The average molecular weight is 444 g/mol. The highest BCUT2D eigenvalue weighted by Gasteiger charge is 2.78. The van der Waals surface area contributed by atoms with Crippen LogP contribution in [0.3, 0.4) is 0 Å². The van der Waals surface area contributed by atoms with Crippen LogP contribution < -0.4 is 0 Å². The molecule has 3 unspecified atom stereocenters. The van der Waals surface area contributed by atoms with Gasteiger partial charge in [0.15, 0.2) is 5.60 Å². The van der Waals surface area contributed by atoms with Crippen molar-refractivity contribution in [3.8, 4) is 0 Å². The zero-order valence-electron chi connectivity index (χ0n) is 19.8. The maximum Gasteiger partial charge on any atom is 0.340 e. The molecular formula is C23H41NO5S. The van der Waals surface area contributed by atoms with Crippen molar-refractivity contribution in [2.45, 2.75) is 104 Å². The summed E-state index contributed by atoms with van der Waals surface area (Å²) in [5.74, 6) is 0.122. The van der Waals surface area contributed by atoms with Crippen LogP contribution in [0.4, 0.5) is 0 Å². The zero-order valence-corrected chi connectivity index (χ0v) is 20.6. The number of esters is 1. The molecule has 1 saturated heterocycles. The highest BCUT2D eigenvalue weighted by molar-refractivity contribution is 7.94. The van der Waals surface area contributed by atoms with Crippen molar-refractivity contribution in [2.24, 2.45) is 16.7 Å². The summed E-state index contributed by atoms with van der Waals surface area (Å²) in [6.45, 7) is 14.6. The van der Waals surface area contributed by atoms with Gasteiger partial charge in [0.05, 0.1) is 5.41 Å². The van der Waals surface area contributed by atoms with Gasteiger partial charge in [0, 0.05) is 37.3 Å². The molecule has 0 radical (unpaired) electrons. The van der Waals surface area contributed by atoms with E-state index in [1.54, 1.807) is 0 Å². The van der Waals surface area contributed by atoms with Crippen LogP contribution in [0.25, 0.3) is 0 Å². The van der Waals surface area contributed by atoms with Crippen molar-refractivity contribution >= 4 is 18.0 Å². The second-order valence-electron chi connectivity index (χ2n) is 10.2. The van der Waals surface area contributed by atoms with Gasteiger partial charge in [-0.15, -0.1) is 9.32 Å². The van der Waals surface area contributed by atoms with Crippen LogP contribution in [0.15, 0.2) is 0 Å². The molecule has 0 amide bonds. The Bertz CT molecular complexity index is 610. The molecule has 3 aliphatic rings. The molecule has 0 N–H and O–H groups in total. The maximum atomic E-state index is 12.9. The number of unbranched alkanes of at least 4 members (excludes halogenated alkanes) is 1. The Labute approximate surface area is 186 Å². The summed E-state index contributed by atoms with van der Waals surface area (Å²) in [7, 11) is 0. The summed E-state index contributed by atoms with van der Waals surface area (Å²) in [5, 5.41) is 1.87. The predicted octanol–water partition coefficient (Wildman–Crippen LogP) is 5.66. The first-order valence-corrected chi connectivity index (χ1v) is 12.8. The Balaban J connectivity index is 1.72. The van der Waals surface area contributed by atoms with Crippen molar-refractivity contribution in [2.75, 3.05) is 18.8 Å². The van der Waals surface area contributed by atoms with E-state index in [9.17, 15) is 4.79 Å². The Morgan fingerprint density at radius 3 is 2.43 bits per heavy atom. The minimum atomic E-state index is -0.845. The molecule has 3 rings (SSSR count). The molecule has 0 aromatic heterocycles. The van der Waals surface area contributed by atoms with Gasteiger partial charge < -0.3 is 9.47 Å². The fraction of sp³-hybridized carbons (Fsp3) is 0.957. The lowest BCUT2D eigenvalue weighted by atomic mass is 9.68. The van der Waals surface area contributed by atoms with E-state index in [1.165, 1.54) is 12.0 Å². The second-order valence-corrected chi connectivity index (χ2v) is 10.8. The maximum absolute atomic E-state index is 12.9. The molecule has 30 heavy (non-hydrogen) atoms. The van der Waals surface area contributed by atoms with Gasteiger partial charge in [0.25, 0.3) is 0 Å². The molecule has 7 heteroatoms. The van der Waals surface area contributed by atoms with Crippen LogP contribution in [0.1, 0.15) is 92.9 Å². The van der Waals surface area contributed by atoms with E-state index in [-0.39, 0.29) is 16.8 Å². The van der Waals surface area contributed by atoms with Crippen molar-refractivity contribution in [3.05, 3.63) is 0 Å². The summed E-state index contributed by atoms with van der Waals surface area (Å²) in [6.07, 6.45) is 7.62. The summed E-state index contributed by atoms with van der Waals surface area (Å²) >= 11 is 1.33. The Morgan fingerprint density at radius 1 is 1.13 bits per heavy atom. The molecule has 1 spiro atoms. The fourth-order valence-electron chi connectivity index (χ4n) is 5.93. The normalized spacial score (nSPS) is 36.9. The lowest BCUT2D eigenvalue weighted by molar-refractivity contribution is -0.360. The summed E-state index contributed by atoms with van der Waals surface area (Å²) < 4.78 is 18.4. The van der Waals surface area contributed by atoms with Crippen LogP contribution >= 0.6 is 12.0 Å². The molecule has 0 aromatic carbocycles. The Hall–Kier alpha value is -0.340. The molecule has 4 atom stereocenters. The van der Waals surface area contributed by atoms with E-state index < -0.39 is 11.4 Å². The number of nitrogens with zero attached hydrogens (tertiary/aromatic N) is 1. The summed E-state index contributed by atoms with van der Waals surface area (Å²) in [4.78, 5) is 18.5. The van der Waals surface area contributed by atoms with Crippen LogP contribution in [0.2, 0.25) is 0 Å². The molecule has 3 fully saturated rings. The molecule has 0 aromatic rings. The first-order chi connectivity index (χ1) is 14.2. The smallest absolute Gasteiger partial charge is 0.340 e. The standard InChI is InChI=1S/C23H41NO5S/c1-7-10-12-21(6)19(25)26-23(27-21)16-18-11-13-22(23,20(18,4)5)17-30-29-28-24(14-8-2)15-9-3/h18H,7-17H2,1-6H3/t18?,21-,22?,23?/m1/s1. The fourth-order valence-corrected chi connectivity index (χ4v) is 7.04. The lowest BCUT2D eigenvalue weighted by Gasteiger charge is -2.46. The average Bonchev–Trinajstić information content (AvgIpc) is 3.16. The van der Waals surface area contributed by atoms with E-state index in [1.807, 2.05) is 12.0 Å². The predicted molar refractivity (Wildman–Crippen MR) is 118 cm³/mol. The minimum absolute atomic E-state index is 0.00612. The third kappa shape index (κ3) is 3.94. The van der Waals surface area contributed by atoms with E-state index in [0.29, 0.717) is 18.1 Å². The number of hydrogen-bond acceptors (Lipinski definition) is 7. The molecule has 1 heterocycles. The van der Waals surface area contributed by atoms with Gasteiger partial charge in [0.1, 0.15) is 0 Å². The molecular weight excluding hydrogens is 402 g/mol. The van der Waals surface area contributed by atoms with Gasteiger partial charge in [-0.2, -0.15) is 5.06 Å². The number of hydrogen-bond donors (Lipinski definition) is 0. The molecule has 2 bridgehead atoms. The quantitative estimate of drug-likeness (QED) is 0.127. The Morgan fingerprint density at radius 2 is 1.83 bits per heavy atom. The lowest BCUT2D eigenvalue weighted by Crippen LogP contribution is -2.53. The molecule has 6 nitrogen and oxygen atoms in total. The molecule has 2 saturated carbocycles. The molecule has 2 aliphatic carbocycles.